The SMILES string of the molecule is CCC(N)C(c1cccc(F)c1)N1CCS(=O)(=O)CC1. The van der Waals surface area contributed by atoms with Crippen LogP contribution in [-0.4, -0.2) is 44.0 Å². The molecule has 1 heterocycles. The van der Waals surface area contributed by atoms with Gasteiger partial charge in [-0.2, -0.15) is 0 Å². The Bertz CT molecular complexity index is 548. The van der Waals surface area contributed by atoms with Crippen LogP contribution < -0.4 is 5.73 Å². The molecule has 1 fully saturated rings. The van der Waals surface area contributed by atoms with Gasteiger partial charge in [-0.05, 0) is 24.1 Å². The highest BCUT2D eigenvalue weighted by atomic mass is 32.2. The molecule has 20 heavy (non-hydrogen) atoms. The molecule has 1 aromatic rings. The van der Waals surface area contributed by atoms with Crippen molar-refractivity contribution in [1.29, 1.82) is 0 Å². The van der Waals surface area contributed by atoms with Gasteiger partial charge < -0.3 is 5.73 Å². The number of benzene rings is 1. The number of sulfone groups is 1. The first-order valence-electron chi connectivity index (χ1n) is 6.88. The fraction of sp³-hybridized carbons (Fsp3) is 0.571. The number of hydrogen-bond donors (Lipinski definition) is 1. The molecule has 2 N–H and O–H groups in total. The summed E-state index contributed by atoms with van der Waals surface area (Å²) in [5.41, 5.74) is 7.00. The summed E-state index contributed by atoms with van der Waals surface area (Å²) in [6, 6.07) is 6.14. The van der Waals surface area contributed by atoms with Gasteiger partial charge in [0.25, 0.3) is 0 Å². The predicted molar refractivity (Wildman–Crippen MR) is 77.6 cm³/mol. The van der Waals surface area contributed by atoms with Gasteiger partial charge in [0, 0.05) is 19.1 Å². The highest BCUT2D eigenvalue weighted by molar-refractivity contribution is 7.91. The van der Waals surface area contributed by atoms with Crippen LogP contribution in [0.4, 0.5) is 4.39 Å². The Morgan fingerprint density at radius 1 is 1.35 bits per heavy atom. The molecule has 0 amide bonds. The molecule has 0 aromatic heterocycles. The van der Waals surface area contributed by atoms with Crippen LogP contribution in [-0.2, 0) is 9.84 Å². The lowest BCUT2D eigenvalue weighted by Crippen LogP contribution is -2.48. The molecule has 0 aliphatic carbocycles. The van der Waals surface area contributed by atoms with Crippen molar-refractivity contribution in [3.63, 3.8) is 0 Å². The molecule has 1 saturated heterocycles. The first-order chi connectivity index (χ1) is 9.43. The van der Waals surface area contributed by atoms with Gasteiger partial charge in [-0.1, -0.05) is 19.1 Å². The number of halogens is 1. The molecule has 1 aliphatic heterocycles. The van der Waals surface area contributed by atoms with Crippen molar-refractivity contribution in [3.05, 3.63) is 35.6 Å². The molecule has 2 atom stereocenters. The van der Waals surface area contributed by atoms with Crippen LogP contribution in [0.25, 0.3) is 0 Å². The van der Waals surface area contributed by atoms with Crippen molar-refractivity contribution in [3.8, 4) is 0 Å². The predicted octanol–water partition coefficient (Wildman–Crippen LogP) is 1.33. The summed E-state index contributed by atoms with van der Waals surface area (Å²) in [6.45, 7) is 2.89. The minimum Gasteiger partial charge on any atom is -0.326 e. The minimum absolute atomic E-state index is 0.133. The second kappa shape index (κ2) is 6.20. The zero-order chi connectivity index (χ0) is 14.8. The Hall–Kier alpha value is -0.980. The van der Waals surface area contributed by atoms with Gasteiger partial charge in [0.2, 0.25) is 0 Å². The average molecular weight is 300 g/mol. The van der Waals surface area contributed by atoms with Crippen LogP contribution in [0.2, 0.25) is 0 Å². The number of nitrogens with zero attached hydrogens (tertiary/aromatic N) is 1. The second-order valence-electron chi connectivity index (χ2n) is 5.26. The summed E-state index contributed by atoms with van der Waals surface area (Å²) in [6.07, 6.45) is 0.754. The van der Waals surface area contributed by atoms with Crippen LogP contribution in [0.15, 0.2) is 24.3 Å². The number of hydrogen-bond acceptors (Lipinski definition) is 4. The lowest BCUT2D eigenvalue weighted by atomic mass is 9.96. The average Bonchev–Trinajstić information content (AvgIpc) is 2.41. The fourth-order valence-corrected chi connectivity index (χ4v) is 3.88. The van der Waals surface area contributed by atoms with Crippen molar-refractivity contribution in [2.75, 3.05) is 24.6 Å². The van der Waals surface area contributed by atoms with Crippen molar-refractivity contribution in [2.24, 2.45) is 5.73 Å². The van der Waals surface area contributed by atoms with E-state index in [1.54, 1.807) is 6.07 Å². The van der Waals surface area contributed by atoms with Crippen molar-refractivity contribution < 1.29 is 12.8 Å². The third-order valence-corrected chi connectivity index (χ3v) is 5.45. The molecule has 2 unspecified atom stereocenters. The summed E-state index contributed by atoms with van der Waals surface area (Å²) in [7, 11) is -2.93. The molecule has 0 bridgehead atoms. The lowest BCUT2D eigenvalue weighted by molar-refractivity contribution is 0.183. The molecular weight excluding hydrogens is 279 g/mol. The third-order valence-electron chi connectivity index (χ3n) is 3.84. The lowest BCUT2D eigenvalue weighted by Gasteiger charge is -2.37. The van der Waals surface area contributed by atoms with Crippen LogP contribution in [0.1, 0.15) is 24.9 Å². The molecule has 0 spiro atoms. The van der Waals surface area contributed by atoms with E-state index in [9.17, 15) is 12.8 Å². The standard InChI is InChI=1S/C14H21FN2O2S/c1-2-13(16)14(11-4-3-5-12(15)10-11)17-6-8-20(18,19)9-7-17/h3-5,10,13-14H,2,6-9,16H2,1H3. The quantitative estimate of drug-likeness (QED) is 0.911. The molecule has 4 nitrogen and oxygen atoms in total. The van der Waals surface area contributed by atoms with E-state index in [0.29, 0.717) is 13.1 Å². The van der Waals surface area contributed by atoms with Crippen LogP contribution in [0.5, 0.6) is 0 Å². The first-order valence-corrected chi connectivity index (χ1v) is 8.70. The van der Waals surface area contributed by atoms with Crippen molar-refractivity contribution in [2.45, 2.75) is 25.4 Å². The third kappa shape index (κ3) is 3.56. The Kier molecular flexibility index (Phi) is 4.78. The van der Waals surface area contributed by atoms with Gasteiger partial charge in [-0.3, -0.25) is 4.90 Å². The topological polar surface area (TPSA) is 63.4 Å². The van der Waals surface area contributed by atoms with E-state index in [-0.39, 0.29) is 29.4 Å². The molecule has 1 aliphatic rings. The maximum atomic E-state index is 13.4. The Morgan fingerprint density at radius 3 is 2.55 bits per heavy atom. The molecular formula is C14H21FN2O2S. The zero-order valence-corrected chi connectivity index (χ0v) is 12.4. The van der Waals surface area contributed by atoms with Gasteiger partial charge in [-0.15, -0.1) is 0 Å². The fourth-order valence-electron chi connectivity index (χ4n) is 2.65. The van der Waals surface area contributed by atoms with Gasteiger partial charge in [0.1, 0.15) is 5.82 Å². The molecule has 2 rings (SSSR count). The van der Waals surface area contributed by atoms with Crippen LogP contribution in [0.3, 0.4) is 0 Å². The normalized spacial score (nSPS) is 22.4. The van der Waals surface area contributed by atoms with E-state index in [0.717, 1.165) is 12.0 Å². The Labute approximate surface area is 119 Å². The molecule has 112 valence electrons. The smallest absolute Gasteiger partial charge is 0.152 e. The molecule has 6 heteroatoms. The molecule has 1 aromatic carbocycles. The van der Waals surface area contributed by atoms with Gasteiger partial charge in [-0.25, -0.2) is 12.8 Å². The van der Waals surface area contributed by atoms with Crippen molar-refractivity contribution >= 4 is 9.84 Å². The number of rotatable bonds is 4. The van der Waals surface area contributed by atoms with Crippen LogP contribution in [0, 0.1) is 5.82 Å². The second-order valence-corrected chi connectivity index (χ2v) is 7.56. The summed E-state index contributed by atoms with van der Waals surface area (Å²) in [4.78, 5) is 2.06. The van der Waals surface area contributed by atoms with Crippen molar-refractivity contribution in [1.82, 2.24) is 4.90 Å². The maximum Gasteiger partial charge on any atom is 0.152 e. The molecule has 0 radical (unpaired) electrons. The van der Waals surface area contributed by atoms with E-state index in [2.05, 4.69) is 4.90 Å². The maximum absolute atomic E-state index is 13.4. The summed E-state index contributed by atoms with van der Waals surface area (Å²) >= 11 is 0. The zero-order valence-electron chi connectivity index (χ0n) is 11.6. The Balaban J connectivity index is 2.25. The summed E-state index contributed by atoms with van der Waals surface area (Å²) in [5.74, 6) is 0.00487. The summed E-state index contributed by atoms with van der Waals surface area (Å²) < 4.78 is 36.5. The van der Waals surface area contributed by atoms with E-state index in [4.69, 9.17) is 5.73 Å². The van der Waals surface area contributed by atoms with E-state index in [1.165, 1.54) is 12.1 Å². The Morgan fingerprint density at radius 2 is 2.00 bits per heavy atom. The highest BCUT2D eigenvalue weighted by Gasteiger charge is 2.31. The van der Waals surface area contributed by atoms with Gasteiger partial charge >= 0.3 is 0 Å². The van der Waals surface area contributed by atoms with Crippen LogP contribution >= 0.6 is 0 Å². The minimum atomic E-state index is -2.93. The molecule has 0 saturated carbocycles. The summed E-state index contributed by atoms with van der Waals surface area (Å²) in [5, 5.41) is 0. The largest absolute Gasteiger partial charge is 0.326 e. The van der Waals surface area contributed by atoms with E-state index in [1.807, 2.05) is 13.0 Å². The first kappa shape index (κ1) is 15.4. The number of nitrogens with two attached hydrogens (primary N) is 1. The highest BCUT2D eigenvalue weighted by Crippen LogP contribution is 2.27. The van der Waals surface area contributed by atoms with Gasteiger partial charge in [0.05, 0.1) is 17.5 Å². The van der Waals surface area contributed by atoms with E-state index >= 15 is 0 Å². The van der Waals surface area contributed by atoms with Gasteiger partial charge in [0.15, 0.2) is 9.84 Å². The van der Waals surface area contributed by atoms with E-state index < -0.39 is 9.84 Å². The monoisotopic (exact) mass is 300 g/mol.